The predicted molar refractivity (Wildman–Crippen MR) is 136 cm³/mol. The Balaban J connectivity index is 1.37. The molecule has 0 radical (unpaired) electrons. The Morgan fingerprint density at radius 3 is 2.15 bits per heavy atom. The van der Waals surface area contributed by atoms with Gasteiger partial charge in [0, 0.05) is 23.1 Å². The zero-order valence-corrected chi connectivity index (χ0v) is 20.5. The van der Waals surface area contributed by atoms with Crippen molar-refractivity contribution < 1.29 is 9.47 Å². The van der Waals surface area contributed by atoms with Gasteiger partial charge in [-0.2, -0.15) is 0 Å². The molecular weight excluding hydrogens is 422 g/mol. The van der Waals surface area contributed by atoms with Gasteiger partial charge >= 0.3 is 0 Å². The Hall–Kier alpha value is -2.47. The molecule has 2 fully saturated rings. The van der Waals surface area contributed by atoms with E-state index in [0.29, 0.717) is 19.1 Å². The quantitative estimate of drug-likeness (QED) is 0.429. The lowest BCUT2D eigenvalue weighted by Gasteiger charge is -2.45. The lowest BCUT2D eigenvalue weighted by molar-refractivity contribution is -0.251. The SMILES string of the molecule is CCC(CN1CCCC1)C1(CC)COC(c2nc(-c3ccccc3)c(-c3ccccc3)[nH]2)OC1. The van der Waals surface area contributed by atoms with Crippen LogP contribution in [0.1, 0.15) is 51.6 Å². The molecule has 34 heavy (non-hydrogen) atoms. The highest BCUT2D eigenvalue weighted by Crippen LogP contribution is 2.42. The average molecular weight is 460 g/mol. The van der Waals surface area contributed by atoms with Crippen LogP contribution in [0.25, 0.3) is 22.5 Å². The van der Waals surface area contributed by atoms with Gasteiger partial charge in [-0.25, -0.2) is 4.98 Å². The molecule has 1 N–H and O–H groups in total. The van der Waals surface area contributed by atoms with E-state index in [1.165, 1.54) is 25.9 Å². The van der Waals surface area contributed by atoms with Crippen molar-refractivity contribution in [3.05, 3.63) is 66.5 Å². The van der Waals surface area contributed by atoms with Crippen molar-refractivity contribution >= 4 is 0 Å². The first-order valence-electron chi connectivity index (χ1n) is 12.9. The highest BCUT2D eigenvalue weighted by Gasteiger charge is 2.43. The van der Waals surface area contributed by atoms with Gasteiger partial charge in [-0.15, -0.1) is 0 Å². The van der Waals surface area contributed by atoms with Gasteiger partial charge < -0.3 is 19.4 Å². The maximum Gasteiger partial charge on any atom is 0.217 e. The van der Waals surface area contributed by atoms with Crippen LogP contribution in [-0.2, 0) is 9.47 Å². The number of nitrogens with one attached hydrogen (secondary N) is 1. The van der Waals surface area contributed by atoms with E-state index in [2.05, 4.69) is 60.1 Å². The summed E-state index contributed by atoms with van der Waals surface area (Å²) < 4.78 is 12.8. The molecule has 5 heteroatoms. The fraction of sp³-hybridized carbons (Fsp3) is 0.483. The fourth-order valence-electron chi connectivity index (χ4n) is 5.61. The second-order valence-corrected chi connectivity index (χ2v) is 9.86. The van der Waals surface area contributed by atoms with Crippen molar-refractivity contribution in [2.24, 2.45) is 11.3 Å². The third-order valence-corrected chi connectivity index (χ3v) is 7.84. The first kappa shape index (κ1) is 23.3. The fourth-order valence-corrected chi connectivity index (χ4v) is 5.61. The van der Waals surface area contributed by atoms with Crippen LogP contribution < -0.4 is 0 Å². The smallest absolute Gasteiger partial charge is 0.217 e. The highest BCUT2D eigenvalue weighted by molar-refractivity contribution is 5.78. The lowest BCUT2D eigenvalue weighted by Crippen LogP contribution is -2.47. The molecular formula is C29H37N3O2. The minimum absolute atomic E-state index is 0.0605. The zero-order valence-electron chi connectivity index (χ0n) is 20.5. The van der Waals surface area contributed by atoms with Crippen LogP contribution in [0, 0.1) is 11.3 Å². The molecule has 0 spiro atoms. The molecule has 180 valence electrons. The second kappa shape index (κ2) is 10.4. The van der Waals surface area contributed by atoms with E-state index in [9.17, 15) is 0 Å². The molecule has 5 nitrogen and oxygen atoms in total. The Kier molecular flexibility index (Phi) is 7.14. The van der Waals surface area contributed by atoms with Crippen LogP contribution in [0.4, 0.5) is 0 Å². The topological polar surface area (TPSA) is 50.4 Å². The molecule has 2 saturated heterocycles. The summed E-state index contributed by atoms with van der Waals surface area (Å²) in [6.07, 6.45) is 4.41. The van der Waals surface area contributed by atoms with E-state index in [1.807, 2.05) is 24.3 Å². The normalized spacial score (nSPS) is 24.4. The average Bonchev–Trinajstić information content (AvgIpc) is 3.59. The van der Waals surface area contributed by atoms with Crippen molar-refractivity contribution in [2.75, 3.05) is 32.8 Å². The van der Waals surface area contributed by atoms with E-state index in [-0.39, 0.29) is 5.41 Å². The van der Waals surface area contributed by atoms with Crippen molar-refractivity contribution in [3.63, 3.8) is 0 Å². The number of rotatable bonds is 8. The van der Waals surface area contributed by atoms with Crippen molar-refractivity contribution in [2.45, 2.75) is 45.8 Å². The maximum absolute atomic E-state index is 6.42. The summed E-state index contributed by atoms with van der Waals surface area (Å²) in [5.41, 5.74) is 4.18. The second-order valence-electron chi connectivity index (χ2n) is 9.86. The Bertz CT molecular complexity index is 979. The van der Waals surface area contributed by atoms with E-state index >= 15 is 0 Å². The molecule has 5 rings (SSSR count). The standard InChI is InChI=1S/C29H37N3O2/c1-3-24(19-32-17-11-12-18-32)29(4-2)20-33-28(34-21-29)27-30-25(22-13-7-5-8-14-22)26(31-27)23-15-9-6-10-16-23/h5-10,13-16,24,28H,3-4,11-12,17-21H2,1-2H3,(H,30,31). The number of likely N-dealkylation sites (tertiary alicyclic amines) is 1. The Labute approximate surface area is 203 Å². The van der Waals surface area contributed by atoms with Crippen molar-refractivity contribution in [1.82, 2.24) is 14.9 Å². The van der Waals surface area contributed by atoms with E-state index in [4.69, 9.17) is 14.5 Å². The third kappa shape index (κ3) is 4.70. The lowest BCUT2D eigenvalue weighted by atomic mass is 9.72. The van der Waals surface area contributed by atoms with Crippen LogP contribution in [0.2, 0.25) is 0 Å². The molecule has 1 unspecified atom stereocenters. The summed E-state index contributed by atoms with van der Waals surface area (Å²) >= 11 is 0. The minimum atomic E-state index is -0.469. The van der Waals surface area contributed by atoms with Crippen LogP contribution in [0.3, 0.4) is 0 Å². The number of imidazole rings is 1. The monoisotopic (exact) mass is 459 g/mol. The largest absolute Gasteiger partial charge is 0.345 e. The highest BCUT2D eigenvalue weighted by atomic mass is 16.7. The molecule has 1 atom stereocenters. The maximum atomic E-state index is 6.42. The van der Waals surface area contributed by atoms with Gasteiger partial charge in [0.25, 0.3) is 0 Å². The van der Waals surface area contributed by atoms with E-state index < -0.39 is 6.29 Å². The summed E-state index contributed by atoms with van der Waals surface area (Å²) in [4.78, 5) is 11.2. The number of benzene rings is 2. The van der Waals surface area contributed by atoms with E-state index in [0.717, 1.165) is 47.7 Å². The van der Waals surface area contributed by atoms with Gasteiger partial charge in [0.2, 0.25) is 6.29 Å². The van der Waals surface area contributed by atoms with Gasteiger partial charge in [0.1, 0.15) is 0 Å². The van der Waals surface area contributed by atoms with Gasteiger partial charge in [-0.05, 0) is 38.3 Å². The van der Waals surface area contributed by atoms with Crippen LogP contribution in [0.5, 0.6) is 0 Å². The molecule has 3 aromatic rings. The minimum Gasteiger partial charge on any atom is -0.345 e. The van der Waals surface area contributed by atoms with Crippen LogP contribution in [-0.4, -0.2) is 47.7 Å². The van der Waals surface area contributed by atoms with Gasteiger partial charge in [-0.1, -0.05) is 80.9 Å². The number of hydrogen-bond acceptors (Lipinski definition) is 4. The molecule has 0 aliphatic carbocycles. The molecule has 2 aromatic carbocycles. The molecule has 2 aliphatic rings. The summed E-state index contributed by atoms with van der Waals surface area (Å²) in [6.45, 7) is 9.64. The summed E-state index contributed by atoms with van der Waals surface area (Å²) in [5, 5.41) is 0. The number of aromatic nitrogens is 2. The van der Waals surface area contributed by atoms with Gasteiger partial charge in [0.15, 0.2) is 5.82 Å². The molecule has 2 aliphatic heterocycles. The summed E-state index contributed by atoms with van der Waals surface area (Å²) in [6, 6.07) is 20.7. The van der Waals surface area contributed by atoms with Gasteiger partial charge in [-0.3, -0.25) is 0 Å². The number of nitrogens with zero attached hydrogens (tertiary/aromatic N) is 2. The third-order valence-electron chi connectivity index (χ3n) is 7.84. The molecule has 0 amide bonds. The predicted octanol–water partition coefficient (Wildman–Crippen LogP) is 6.31. The zero-order chi connectivity index (χ0) is 23.4. The summed E-state index contributed by atoms with van der Waals surface area (Å²) in [7, 11) is 0. The van der Waals surface area contributed by atoms with Crippen molar-refractivity contribution in [3.8, 4) is 22.5 Å². The Morgan fingerprint density at radius 2 is 1.56 bits per heavy atom. The Morgan fingerprint density at radius 1 is 0.941 bits per heavy atom. The summed E-state index contributed by atoms with van der Waals surface area (Å²) in [5.74, 6) is 1.32. The van der Waals surface area contributed by atoms with Gasteiger partial charge in [0.05, 0.1) is 24.6 Å². The number of ether oxygens (including phenoxy) is 2. The first-order valence-corrected chi connectivity index (χ1v) is 12.9. The molecule has 0 saturated carbocycles. The molecule has 1 aromatic heterocycles. The van der Waals surface area contributed by atoms with Crippen molar-refractivity contribution in [1.29, 1.82) is 0 Å². The van der Waals surface area contributed by atoms with Crippen LogP contribution >= 0.6 is 0 Å². The number of H-pyrrole nitrogens is 1. The number of aromatic amines is 1. The molecule has 0 bridgehead atoms. The molecule has 3 heterocycles. The van der Waals surface area contributed by atoms with Crippen LogP contribution in [0.15, 0.2) is 60.7 Å². The number of hydrogen-bond donors (Lipinski definition) is 1. The first-order chi connectivity index (χ1) is 16.7. The van der Waals surface area contributed by atoms with E-state index in [1.54, 1.807) is 0 Å².